The van der Waals surface area contributed by atoms with Crippen LogP contribution in [0.5, 0.6) is 0 Å². The van der Waals surface area contributed by atoms with Crippen LogP contribution in [0, 0.1) is 5.41 Å². The lowest BCUT2D eigenvalue weighted by atomic mass is 9.88. The molecule has 0 spiro atoms. The van der Waals surface area contributed by atoms with E-state index in [1.165, 1.54) is 6.42 Å². The minimum absolute atomic E-state index is 0.226. The van der Waals surface area contributed by atoms with Gasteiger partial charge in [-0.3, -0.25) is 0 Å². The molecule has 1 aliphatic rings. The Labute approximate surface area is 75.5 Å². The van der Waals surface area contributed by atoms with Crippen molar-refractivity contribution in [2.45, 2.75) is 52.2 Å². The largest absolute Gasteiger partial charge is 0.377 e. The van der Waals surface area contributed by atoms with E-state index >= 15 is 0 Å². The molecule has 2 N–H and O–H groups in total. The fraction of sp³-hybridized carbons (Fsp3) is 1.00. The number of rotatable bonds is 3. The van der Waals surface area contributed by atoms with Crippen molar-refractivity contribution in [1.29, 1.82) is 0 Å². The lowest BCUT2D eigenvalue weighted by Gasteiger charge is -2.26. The third kappa shape index (κ3) is 1.99. The third-order valence-electron chi connectivity index (χ3n) is 2.91. The fourth-order valence-electron chi connectivity index (χ4n) is 1.82. The summed E-state index contributed by atoms with van der Waals surface area (Å²) in [5, 5.41) is 0. The van der Waals surface area contributed by atoms with E-state index in [1.807, 2.05) is 0 Å². The van der Waals surface area contributed by atoms with E-state index in [9.17, 15) is 0 Å². The molecule has 1 fully saturated rings. The van der Waals surface area contributed by atoms with E-state index < -0.39 is 0 Å². The first-order valence-corrected chi connectivity index (χ1v) is 4.95. The number of hydrogen-bond acceptors (Lipinski definition) is 2. The number of nitrogens with two attached hydrogens (primary N) is 1. The second-order valence-corrected chi connectivity index (χ2v) is 4.46. The first-order chi connectivity index (χ1) is 5.58. The Balaban J connectivity index is 2.39. The van der Waals surface area contributed by atoms with Crippen LogP contribution in [0.2, 0.25) is 0 Å². The SMILES string of the molecule is CCCOC1CCC(C)(C)C1N. The first-order valence-electron chi connectivity index (χ1n) is 4.95. The molecule has 0 aromatic rings. The maximum Gasteiger partial charge on any atom is 0.0731 e. The third-order valence-corrected chi connectivity index (χ3v) is 2.91. The molecule has 12 heavy (non-hydrogen) atoms. The number of hydrogen-bond donors (Lipinski definition) is 1. The summed E-state index contributed by atoms with van der Waals surface area (Å²) in [5.41, 5.74) is 6.35. The van der Waals surface area contributed by atoms with Gasteiger partial charge in [0.15, 0.2) is 0 Å². The summed E-state index contributed by atoms with van der Waals surface area (Å²) in [4.78, 5) is 0. The Kier molecular flexibility index (Phi) is 3.13. The van der Waals surface area contributed by atoms with Crippen molar-refractivity contribution in [2.75, 3.05) is 6.61 Å². The second kappa shape index (κ2) is 3.75. The first kappa shape index (κ1) is 10.0. The van der Waals surface area contributed by atoms with Crippen LogP contribution < -0.4 is 5.73 Å². The van der Waals surface area contributed by atoms with Crippen LogP contribution in [0.1, 0.15) is 40.0 Å². The molecule has 2 heteroatoms. The van der Waals surface area contributed by atoms with E-state index in [1.54, 1.807) is 0 Å². The summed E-state index contributed by atoms with van der Waals surface area (Å²) >= 11 is 0. The molecular weight excluding hydrogens is 150 g/mol. The molecule has 72 valence electrons. The van der Waals surface area contributed by atoms with Gasteiger partial charge >= 0.3 is 0 Å². The Hall–Kier alpha value is -0.0800. The van der Waals surface area contributed by atoms with Gasteiger partial charge in [-0.25, -0.2) is 0 Å². The molecule has 2 atom stereocenters. The van der Waals surface area contributed by atoms with Crippen LogP contribution in [-0.4, -0.2) is 18.8 Å². The molecule has 0 radical (unpaired) electrons. The molecule has 1 aliphatic carbocycles. The lowest BCUT2D eigenvalue weighted by molar-refractivity contribution is 0.0381. The Morgan fingerprint density at radius 2 is 2.17 bits per heavy atom. The van der Waals surface area contributed by atoms with Gasteiger partial charge in [0, 0.05) is 12.6 Å². The predicted molar refractivity (Wildman–Crippen MR) is 51.0 cm³/mol. The van der Waals surface area contributed by atoms with E-state index in [2.05, 4.69) is 20.8 Å². The van der Waals surface area contributed by atoms with Gasteiger partial charge in [0.1, 0.15) is 0 Å². The van der Waals surface area contributed by atoms with Crippen molar-refractivity contribution in [3.8, 4) is 0 Å². The van der Waals surface area contributed by atoms with Crippen molar-refractivity contribution < 1.29 is 4.74 Å². The van der Waals surface area contributed by atoms with E-state index in [0.717, 1.165) is 19.4 Å². The van der Waals surface area contributed by atoms with E-state index in [-0.39, 0.29) is 11.5 Å². The second-order valence-electron chi connectivity index (χ2n) is 4.46. The Morgan fingerprint density at radius 1 is 1.50 bits per heavy atom. The molecule has 1 rings (SSSR count). The summed E-state index contributed by atoms with van der Waals surface area (Å²) in [6, 6.07) is 0.226. The summed E-state index contributed by atoms with van der Waals surface area (Å²) in [6.07, 6.45) is 3.72. The summed E-state index contributed by atoms with van der Waals surface area (Å²) in [7, 11) is 0. The highest BCUT2D eigenvalue weighted by atomic mass is 16.5. The van der Waals surface area contributed by atoms with Crippen molar-refractivity contribution in [3.63, 3.8) is 0 Å². The van der Waals surface area contributed by atoms with Crippen LogP contribution >= 0.6 is 0 Å². The molecule has 0 aliphatic heterocycles. The highest BCUT2D eigenvalue weighted by Crippen LogP contribution is 2.37. The van der Waals surface area contributed by atoms with Gasteiger partial charge < -0.3 is 10.5 Å². The maximum absolute atomic E-state index is 6.07. The lowest BCUT2D eigenvalue weighted by Crippen LogP contribution is -2.41. The van der Waals surface area contributed by atoms with Crippen LogP contribution in [0.15, 0.2) is 0 Å². The van der Waals surface area contributed by atoms with Gasteiger partial charge in [0.2, 0.25) is 0 Å². The Bertz CT molecular complexity index is 145. The number of ether oxygens (including phenoxy) is 1. The summed E-state index contributed by atoms with van der Waals surface area (Å²) in [6.45, 7) is 7.44. The van der Waals surface area contributed by atoms with Gasteiger partial charge in [-0.15, -0.1) is 0 Å². The smallest absolute Gasteiger partial charge is 0.0731 e. The zero-order chi connectivity index (χ0) is 9.19. The molecule has 0 aromatic carbocycles. The molecule has 1 saturated carbocycles. The standard InChI is InChI=1S/C10H21NO/c1-4-7-12-8-5-6-10(2,3)9(8)11/h8-9H,4-7,11H2,1-3H3. The maximum atomic E-state index is 6.07. The summed E-state index contributed by atoms with van der Waals surface area (Å²) < 4.78 is 5.67. The zero-order valence-electron chi connectivity index (χ0n) is 8.47. The average molecular weight is 171 g/mol. The van der Waals surface area contributed by atoms with E-state index in [4.69, 9.17) is 10.5 Å². The molecule has 2 unspecified atom stereocenters. The molecule has 2 nitrogen and oxygen atoms in total. The molecule has 0 heterocycles. The topological polar surface area (TPSA) is 35.2 Å². The summed E-state index contributed by atoms with van der Waals surface area (Å²) in [5.74, 6) is 0. The zero-order valence-corrected chi connectivity index (χ0v) is 8.47. The minimum atomic E-state index is 0.226. The van der Waals surface area contributed by atoms with Gasteiger partial charge in [0.05, 0.1) is 6.10 Å². The van der Waals surface area contributed by atoms with Gasteiger partial charge in [0.25, 0.3) is 0 Å². The molecule has 0 amide bonds. The molecule has 0 saturated heterocycles. The van der Waals surface area contributed by atoms with Crippen molar-refractivity contribution in [3.05, 3.63) is 0 Å². The van der Waals surface area contributed by atoms with Gasteiger partial charge in [-0.2, -0.15) is 0 Å². The predicted octanol–water partition coefficient (Wildman–Crippen LogP) is 1.93. The van der Waals surface area contributed by atoms with Crippen LogP contribution in [0.3, 0.4) is 0 Å². The minimum Gasteiger partial charge on any atom is -0.377 e. The van der Waals surface area contributed by atoms with Crippen LogP contribution in [0.4, 0.5) is 0 Å². The molecule has 0 aromatic heterocycles. The van der Waals surface area contributed by atoms with Gasteiger partial charge in [-0.05, 0) is 24.7 Å². The van der Waals surface area contributed by atoms with Crippen LogP contribution in [0.25, 0.3) is 0 Å². The average Bonchev–Trinajstić information content (AvgIpc) is 2.26. The molecule has 0 bridgehead atoms. The van der Waals surface area contributed by atoms with E-state index in [0.29, 0.717) is 6.10 Å². The van der Waals surface area contributed by atoms with Gasteiger partial charge in [-0.1, -0.05) is 20.8 Å². The van der Waals surface area contributed by atoms with Crippen molar-refractivity contribution >= 4 is 0 Å². The monoisotopic (exact) mass is 171 g/mol. The molecular formula is C10H21NO. The van der Waals surface area contributed by atoms with Crippen molar-refractivity contribution in [2.24, 2.45) is 11.1 Å². The van der Waals surface area contributed by atoms with Crippen LogP contribution in [-0.2, 0) is 4.74 Å². The highest BCUT2D eigenvalue weighted by Gasteiger charge is 2.39. The fourth-order valence-corrected chi connectivity index (χ4v) is 1.82. The Morgan fingerprint density at radius 3 is 2.58 bits per heavy atom. The van der Waals surface area contributed by atoms with Crippen molar-refractivity contribution in [1.82, 2.24) is 0 Å². The quantitative estimate of drug-likeness (QED) is 0.704. The normalized spacial score (nSPS) is 34.0. The highest BCUT2D eigenvalue weighted by molar-refractivity contribution is 4.94.